The van der Waals surface area contributed by atoms with E-state index in [2.05, 4.69) is 0 Å². The smallest absolute Gasteiger partial charge is 1.00 e. The van der Waals surface area contributed by atoms with Crippen molar-refractivity contribution in [3.63, 3.8) is 0 Å². The maximum absolute atomic E-state index is 8.88. The molecule has 7 N–H and O–H groups in total. The van der Waals surface area contributed by atoms with Crippen molar-refractivity contribution in [2.75, 3.05) is 0 Å². The Hall–Kier alpha value is 3.55. The Balaban J connectivity index is -0.00000000178. The first-order valence-electron chi connectivity index (χ1n) is 0.783. The summed E-state index contributed by atoms with van der Waals surface area (Å²) in [4.78, 5) is 21.6. The molecular formula is H12Ca2NaO6P. The third-order valence-corrected chi connectivity index (χ3v) is 0. The van der Waals surface area contributed by atoms with Crippen LogP contribution in [0, 0.1) is 0 Å². The van der Waals surface area contributed by atoms with Gasteiger partial charge in [-0.2, -0.15) is 0 Å². The molecule has 0 amide bonds. The Morgan fingerprint density at radius 3 is 1.00 bits per heavy atom. The van der Waals surface area contributed by atoms with E-state index in [0.717, 1.165) is 0 Å². The Bertz CT molecular complexity index is 75.7. The van der Waals surface area contributed by atoms with Crippen molar-refractivity contribution in [3.05, 3.63) is 0 Å². The molecular weight excluding hydrogens is 230 g/mol. The first kappa shape index (κ1) is 37.4. The van der Waals surface area contributed by atoms with E-state index in [-0.39, 0.29) is 123 Å². The molecule has 0 fully saturated rings. The van der Waals surface area contributed by atoms with Gasteiger partial charge < -0.3 is 32.8 Å². The molecule has 0 aromatic heterocycles. The summed E-state index contributed by atoms with van der Waals surface area (Å²) in [6.07, 6.45) is 0. The van der Waals surface area contributed by atoms with Gasteiger partial charge in [-0.3, -0.25) is 0 Å². The van der Waals surface area contributed by atoms with Gasteiger partial charge in [-0.05, 0) is 0 Å². The number of rotatable bonds is 0. The zero-order valence-electron chi connectivity index (χ0n) is 10.6. The summed E-state index contributed by atoms with van der Waals surface area (Å²) in [6, 6.07) is 0. The number of hydrogen-bond acceptors (Lipinski definition) is 1. The van der Waals surface area contributed by atoms with Crippen LogP contribution in [-0.4, -0.2) is 101 Å². The second-order valence-corrected chi connectivity index (χ2v) is 1.54. The molecule has 0 rings (SSSR count). The normalized spacial score (nSPS) is 5.90. The van der Waals surface area contributed by atoms with Crippen LogP contribution < -0.4 is 29.6 Å². The summed E-state index contributed by atoms with van der Waals surface area (Å²) >= 11 is 0. The number of phosphoric acid groups is 1. The van der Waals surface area contributed by atoms with Gasteiger partial charge in [0.1, 0.15) is 0 Å². The van der Waals surface area contributed by atoms with Gasteiger partial charge in [0.2, 0.25) is 0 Å². The molecule has 0 aliphatic carbocycles. The van der Waals surface area contributed by atoms with E-state index in [0.29, 0.717) is 0 Å². The van der Waals surface area contributed by atoms with Crippen LogP contribution in [0.25, 0.3) is 0 Å². The average Bonchev–Trinajstić information content (AvgIpc) is 0.722. The van der Waals surface area contributed by atoms with Crippen molar-refractivity contribution in [2.24, 2.45) is 0 Å². The maximum atomic E-state index is 8.88. The minimum absolute atomic E-state index is 0. The van der Waals surface area contributed by atoms with Crippen LogP contribution in [-0.2, 0) is 4.57 Å². The van der Waals surface area contributed by atoms with Crippen molar-refractivity contribution >= 4 is 83.3 Å². The van der Waals surface area contributed by atoms with E-state index in [1.807, 2.05) is 0 Å². The molecule has 0 aromatic carbocycles. The Labute approximate surface area is 147 Å². The molecule has 58 valence electrons. The van der Waals surface area contributed by atoms with Crippen molar-refractivity contribution in [1.29, 1.82) is 0 Å². The molecule has 0 unspecified atom stereocenters. The molecule has 0 bridgehead atoms. The largest absolute Gasteiger partial charge is 2.00 e. The molecule has 0 saturated carbocycles. The summed E-state index contributed by atoms with van der Waals surface area (Å²) < 4.78 is 8.88. The topological polar surface area (TPSA) is 141 Å². The monoisotopic (exact) mass is 242 g/mol. The van der Waals surface area contributed by atoms with Crippen LogP contribution in [0.1, 0.15) is 7.13 Å². The Kier molecular flexibility index (Phi) is 68.7. The Morgan fingerprint density at radius 1 is 1.00 bits per heavy atom. The fourth-order valence-corrected chi connectivity index (χ4v) is 0. The van der Waals surface area contributed by atoms with E-state index >= 15 is 0 Å². The second kappa shape index (κ2) is 18.4. The van der Waals surface area contributed by atoms with Gasteiger partial charge >= 0.3 is 113 Å². The number of hydrogen-bond donors (Lipinski definition) is 3. The zero-order valence-corrected chi connectivity index (χ0v) is 12.9. The summed E-state index contributed by atoms with van der Waals surface area (Å²) in [5.74, 6) is 0. The predicted molar refractivity (Wildman–Crippen MR) is 38.6 cm³/mol. The first-order valence-corrected chi connectivity index (χ1v) is 2.35. The predicted octanol–water partition coefficient (Wildman–Crippen LogP) is -5.77. The van der Waals surface area contributed by atoms with Crippen molar-refractivity contribution in [1.82, 2.24) is 0 Å². The third kappa shape index (κ3) is 102. The van der Waals surface area contributed by atoms with Gasteiger partial charge in [-0.25, -0.2) is 4.57 Å². The molecule has 0 spiro atoms. The third-order valence-electron chi connectivity index (χ3n) is 0. The summed E-state index contributed by atoms with van der Waals surface area (Å²) in [5.41, 5.74) is 0. The molecule has 10 heteroatoms. The van der Waals surface area contributed by atoms with Gasteiger partial charge in [-0.15, -0.1) is 0 Å². The van der Waals surface area contributed by atoms with Crippen LogP contribution in [0.3, 0.4) is 0 Å². The van der Waals surface area contributed by atoms with Crippen molar-refractivity contribution in [2.45, 2.75) is 0 Å². The van der Waals surface area contributed by atoms with Gasteiger partial charge in [0.05, 0.1) is 0 Å². The maximum Gasteiger partial charge on any atom is 2.00 e. The summed E-state index contributed by atoms with van der Waals surface area (Å²) in [7, 11) is -4.64. The minimum atomic E-state index is -4.64. The van der Waals surface area contributed by atoms with Crippen LogP contribution in [0.5, 0.6) is 0 Å². The van der Waals surface area contributed by atoms with Crippen LogP contribution >= 0.6 is 7.82 Å². The molecule has 0 aliphatic rings. The summed E-state index contributed by atoms with van der Waals surface area (Å²) in [5, 5.41) is 0. The fraction of sp³-hybridized carbons (Fsp3) is 0. The molecule has 0 saturated heterocycles. The molecule has 0 heterocycles. The van der Waals surface area contributed by atoms with Crippen LogP contribution in [0.2, 0.25) is 0 Å². The van der Waals surface area contributed by atoms with Crippen molar-refractivity contribution < 1.29 is 66.9 Å². The van der Waals surface area contributed by atoms with Gasteiger partial charge in [-0.1, -0.05) is 0 Å². The fourth-order valence-electron chi connectivity index (χ4n) is 0. The van der Waals surface area contributed by atoms with E-state index in [9.17, 15) is 0 Å². The first-order chi connectivity index (χ1) is 2.00. The Morgan fingerprint density at radius 2 is 1.00 bits per heavy atom. The van der Waals surface area contributed by atoms with Gasteiger partial charge in [0, 0.05) is 0 Å². The minimum Gasteiger partial charge on any atom is -1.00 e. The van der Waals surface area contributed by atoms with E-state index < -0.39 is 7.82 Å². The molecule has 6 nitrogen and oxygen atoms in total. The average molecular weight is 242 g/mol. The van der Waals surface area contributed by atoms with Crippen LogP contribution in [0.15, 0.2) is 0 Å². The molecule has 0 radical (unpaired) electrons. The summed E-state index contributed by atoms with van der Waals surface area (Å²) in [6.45, 7) is 0. The molecule has 0 aliphatic heterocycles. The standard InChI is InChI=1S/2Ca.Na.H3O4P.2H2O.5H/c;;;1-5(2,3)4;;;;;;;/h;;;(H3,1,2,3,4);2*1H2;;;;;/q2*+2;+1;;;;5*-1. The SMILES string of the molecule is O.O.O=P(O)(O)O.[Ca+2].[Ca+2].[H-].[H-].[H-].[H-].[H-].[Na+]. The second-order valence-electron chi connectivity index (χ2n) is 0.513. The molecule has 0 aromatic rings. The van der Waals surface area contributed by atoms with E-state index in [1.54, 1.807) is 0 Å². The van der Waals surface area contributed by atoms with Gasteiger partial charge in [0.25, 0.3) is 0 Å². The van der Waals surface area contributed by atoms with Crippen molar-refractivity contribution in [3.8, 4) is 0 Å². The molecule has 0 atom stereocenters. The molecule has 10 heavy (non-hydrogen) atoms. The quantitative estimate of drug-likeness (QED) is 0.287. The van der Waals surface area contributed by atoms with E-state index in [4.69, 9.17) is 19.2 Å². The van der Waals surface area contributed by atoms with E-state index in [1.165, 1.54) is 0 Å². The van der Waals surface area contributed by atoms with Crippen LogP contribution in [0.4, 0.5) is 0 Å². The zero-order chi connectivity index (χ0) is 4.50. The van der Waals surface area contributed by atoms with Gasteiger partial charge in [0.15, 0.2) is 0 Å².